The minimum atomic E-state index is 0. The molecule has 0 amide bonds. The van der Waals surface area contributed by atoms with Gasteiger partial charge in [-0.05, 0) is 12.5 Å². The molecule has 0 aliphatic carbocycles. The van der Waals surface area contributed by atoms with Crippen LogP contribution in [0.25, 0.3) is 0 Å². The van der Waals surface area contributed by atoms with Gasteiger partial charge >= 0.3 is 0 Å². The van der Waals surface area contributed by atoms with Crippen molar-refractivity contribution in [2.45, 2.75) is 18.6 Å². The number of halogens is 2. The third-order valence-electron chi connectivity index (χ3n) is 2.15. The lowest BCUT2D eigenvalue weighted by Crippen LogP contribution is -2.23. The number of nitrogens with zero attached hydrogens (tertiary/aromatic N) is 1. The Hall–Kier alpha value is -0.350. The molecule has 0 spiro atoms. The van der Waals surface area contributed by atoms with Crippen molar-refractivity contribution in [3.05, 3.63) is 30.1 Å². The summed E-state index contributed by atoms with van der Waals surface area (Å²) in [5.74, 6) is 0. The number of rotatable bonds is 1. The lowest BCUT2D eigenvalue weighted by Gasteiger charge is -2.13. The second kappa shape index (κ2) is 6.19. The molecule has 1 aromatic heterocycles. The Morgan fingerprint density at radius 3 is 2.71 bits per heavy atom. The molecule has 3 nitrogen and oxygen atoms in total. The van der Waals surface area contributed by atoms with Crippen LogP contribution < -0.4 is 5.73 Å². The molecule has 80 valence electrons. The number of aromatic nitrogens is 1. The molecule has 2 unspecified atom stereocenters. The fourth-order valence-corrected chi connectivity index (χ4v) is 1.49. The minimum absolute atomic E-state index is 0. The van der Waals surface area contributed by atoms with Crippen molar-refractivity contribution in [2.24, 2.45) is 5.73 Å². The van der Waals surface area contributed by atoms with E-state index in [0.29, 0.717) is 0 Å². The summed E-state index contributed by atoms with van der Waals surface area (Å²) in [4.78, 5) is 4.03. The van der Waals surface area contributed by atoms with Gasteiger partial charge in [-0.3, -0.25) is 4.98 Å². The van der Waals surface area contributed by atoms with Crippen molar-refractivity contribution in [1.82, 2.24) is 4.98 Å². The number of ether oxygens (including phenoxy) is 1. The Labute approximate surface area is 95.9 Å². The van der Waals surface area contributed by atoms with Crippen LogP contribution in [0.4, 0.5) is 0 Å². The molecule has 14 heavy (non-hydrogen) atoms. The van der Waals surface area contributed by atoms with Crippen LogP contribution in [0.1, 0.15) is 18.1 Å². The molecule has 1 fully saturated rings. The zero-order valence-corrected chi connectivity index (χ0v) is 9.26. The van der Waals surface area contributed by atoms with Crippen molar-refractivity contribution in [2.75, 3.05) is 6.61 Å². The van der Waals surface area contributed by atoms with Crippen LogP contribution in [0.5, 0.6) is 0 Å². The van der Waals surface area contributed by atoms with Gasteiger partial charge in [0, 0.05) is 30.6 Å². The quantitative estimate of drug-likeness (QED) is 0.808. The smallest absolute Gasteiger partial charge is 0.0991 e. The van der Waals surface area contributed by atoms with Crippen LogP contribution in [0, 0.1) is 0 Å². The van der Waals surface area contributed by atoms with E-state index in [2.05, 4.69) is 4.98 Å². The number of nitrogens with two attached hydrogens (primary N) is 1. The van der Waals surface area contributed by atoms with Gasteiger partial charge in [-0.25, -0.2) is 0 Å². The number of pyridine rings is 1. The van der Waals surface area contributed by atoms with Crippen molar-refractivity contribution in [3.8, 4) is 0 Å². The third-order valence-corrected chi connectivity index (χ3v) is 2.15. The monoisotopic (exact) mass is 236 g/mol. The molecule has 0 saturated carbocycles. The van der Waals surface area contributed by atoms with E-state index in [-0.39, 0.29) is 37.0 Å². The first kappa shape index (κ1) is 13.7. The van der Waals surface area contributed by atoms with Gasteiger partial charge in [-0.2, -0.15) is 0 Å². The van der Waals surface area contributed by atoms with Crippen LogP contribution in [0.2, 0.25) is 0 Å². The van der Waals surface area contributed by atoms with Crippen LogP contribution >= 0.6 is 24.8 Å². The van der Waals surface area contributed by atoms with Gasteiger partial charge in [0.2, 0.25) is 0 Å². The van der Waals surface area contributed by atoms with Crippen molar-refractivity contribution in [1.29, 1.82) is 0 Å². The fourth-order valence-electron chi connectivity index (χ4n) is 1.49. The van der Waals surface area contributed by atoms with Gasteiger partial charge in [-0.15, -0.1) is 24.8 Å². The molecule has 1 aliphatic rings. The molecule has 2 N–H and O–H groups in total. The third kappa shape index (κ3) is 2.82. The summed E-state index contributed by atoms with van der Waals surface area (Å²) in [6.45, 7) is 0.765. The van der Waals surface area contributed by atoms with E-state index in [1.807, 2.05) is 18.3 Å². The summed E-state index contributed by atoms with van der Waals surface area (Å²) in [5, 5.41) is 0. The van der Waals surface area contributed by atoms with E-state index in [1.54, 1.807) is 6.20 Å². The van der Waals surface area contributed by atoms with Crippen molar-refractivity contribution >= 4 is 24.8 Å². The zero-order chi connectivity index (χ0) is 8.39. The Balaban J connectivity index is 0.000000845. The SMILES string of the molecule is Cl.Cl.NC1CCOC1c1cccnc1. The first-order valence-electron chi connectivity index (χ1n) is 4.15. The van der Waals surface area contributed by atoms with E-state index in [9.17, 15) is 0 Å². The molecule has 2 rings (SSSR count). The number of hydrogen-bond acceptors (Lipinski definition) is 3. The van der Waals surface area contributed by atoms with Crippen molar-refractivity contribution < 1.29 is 4.74 Å². The average Bonchev–Trinajstić information content (AvgIpc) is 2.53. The first-order chi connectivity index (χ1) is 5.88. The van der Waals surface area contributed by atoms with E-state index in [4.69, 9.17) is 10.5 Å². The summed E-state index contributed by atoms with van der Waals surface area (Å²) in [6.07, 6.45) is 4.57. The molecule has 2 heterocycles. The molecule has 5 heteroatoms. The molecule has 1 saturated heterocycles. The molecule has 0 radical (unpaired) electrons. The van der Waals surface area contributed by atoms with Gasteiger partial charge in [0.1, 0.15) is 0 Å². The lowest BCUT2D eigenvalue weighted by atomic mass is 10.1. The summed E-state index contributed by atoms with van der Waals surface area (Å²) in [6, 6.07) is 4.04. The molecule has 1 aromatic rings. The summed E-state index contributed by atoms with van der Waals surface area (Å²) >= 11 is 0. The van der Waals surface area contributed by atoms with Crippen molar-refractivity contribution in [3.63, 3.8) is 0 Å². The van der Waals surface area contributed by atoms with E-state index < -0.39 is 0 Å². The van der Waals surface area contributed by atoms with Gasteiger partial charge in [-0.1, -0.05) is 6.07 Å². The minimum Gasteiger partial charge on any atom is -0.372 e. The topological polar surface area (TPSA) is 48.1 Å². The second-order valence-electron chi connectivity index (χ2n) is 3.03. The molecular formula is C9H14Cl2N2O. The van der Waals surface area contributed by atoms with Crippen LogP contribution in [-0.4, -0.2) is 17.6 Å². The maximum Gasteiger partial charge on any atom is 0.0991 e. The molecule has 0 bridgehead atoms. The summed E-state index contributed by atoms with van der Waals surface area (Å²) in [5.41, 5.74) is 6.94. The number of hydrogen-bond donors (Lipinski definition) is 1. The Morgan fingerprint density at radius 1 is 1.43 bits per heavy atom. The maximum absolute atomic E-state index is 5.86. The lowest BCUT2D eigenvalue weighted by molar-refractivity contribution is 0.105. The highest BCUT2D eigenvalue weighted by molar-refractivity contribution is 5.85. The van der Waals surface area contributed by atoms with Gasteiger partial charge in [0.15, 0.2) is 0 Å². The molecular weight excluding hydrogens is 223 g/mol. The predicted octanol–water partition coefficient (Wildman–Crippen LogP) is 1.71. The first-order valence-corrected chi connectivity index (χ1v) is 4.15. The van der Waals surface area contributed by atoms with Gasteiger partial charge in [0.05, 0.1) is 6.10 Å². The molecule has 2 atom stereocenters. The van der Waals surface area contributed by atoms with Gasteiger partial charge < -0.3 is 10.5 Å². The average molecular weight is 237 g/mol. The summed E-state index contributed by atoms with van der Waals surface area (Å²) in [7, 11) is 0. The molecule has 0 aromatic carbocycles. The van der Waals surface area contributed by atoms with Crippen LogP contribution in [0.15, 0.2) is 24.5 Å². The highest BCUT2D eigenvalue weighted by Crippen LogP contribution is 2.26. The summed E-state index contributed by atoms with van der Waals surface area (Å²) < 4.78 is 5.49. The Kier molecular flexibility index (Phi) is 6.04. The largest absolute Gasteiger partial charge is 0.372 e. The highest BCUT2D eigenvalue weighted by Gasteiger charge is 2.26. The second-order valence-corrected chi connectivity index (χ2v) is 3.03. The predicted molar refractivity (Wildman–Crippen MR) is 60.0 cm³/mol. The van der Waals surface area contributed by atoms with E-state index in [0.717, 1.165) is 18.6 Å². The highest BCUT2D eigenvalue weighted by atomic mass is 35.5. The standard InChI is InChI=1S/C9H12N2O.2ClH/c10-8-3-5-12-9(8)7-2-1-4-11-6-7;;/h1-2,4,6,8-9H,3,5,10H2;2*1H. The van der Waals surface area contributed by atoms with E-state index >= 15 is 0 Å². The van der Waals surface area contributed by atoms with E-state index in [1.165, 1.54) is 0 Å². The van der Waals surface area contributed by atoms with Crippen LogP contribution in [-0.2, 0) is 4.74 Å². The maximum atomic E-state index is 5.86. The Morgan fingerprint density at radius 2 is 2.21 bits per heavy atom. The normalized spacial score (nSPS) is 24.9. The molecule has 1 aliphatic heterocycles. The fraction of sp³-hybridized carbons (Fsp3) is 0.444. The Bertz CT molecular complexity index is 258. The van der Waals surface area contributed by atoms with Crippen LogP contribution in [0.3, 0.4) is 0 Å². The van der Waals surface area contributed by atoms with Gasteiger partial charge in [0.25, 0.3) is 0 Å². The zero-order valence-electron chi connectivity index (χ0n) is 7.63.